The van der Waals surface area contributed by atoms with Crippen molar-refractivity contribution in [1.29, 1.82) is 0 Å². The summed E-state index contributed by atoms with van der Waals surface area (Å²) in [5, 5.41) is 40.5. The quantitative estimate of drug-likeness (QED) is 0.194. The molecule has 14 heteroatoms. The lowest BCUT2D eigenvalue weighted by Crippen LogP contribution is -2.54. The molecule has 4 aliphatic heterocycles. The van der Waals surface area contributed by atoms with Crippen molar-refractivity contribution in [3.8, 4) is 23.0 Å². The molecule has 2 saturated heterocycles. The van der Waals surface area contributed by atoms with E-state index in [0.717, 1.165) is 88.2 Å². The summed E-state index contributed by atoms with van der Waals surface area (Å²) in [6.07, 6.45) is 2.89. The monoisotopic (exact) mass is 672 g/mol. The Balaban J connectivity index is 0.000000178. The van der Waals surface area contributed by atoms with Crippen LogP contribution in [0.15, 0.2) is 60.7 Å². The second-order valence-electron chi connectivity index (χ2n) is 11.9. The molecule has 0 radical (unpaired) electrons. The van der Waals surface area contributed by atoms with Gasteiger partial charge in [0.05, 0.1) is 0 Å². The number of fused-ring (bicyclic) bond motifs is 2. The number of benzene rings is 2. The van der Waals surface area contributed by atoms with E-state index in [-0.39, 0.29) is 25.4 Å². The summed E-state index contributed by atoms with van der Waals surface area (Å²) >= 11 is 0. The second kappa shape index (κ2) is 19.8. The number of para-hydroxylation sites is 4. The first-order valence-electron chi connectivity index (χ1n) is 16.4. The van der Waals surface area contributed by atoms with Gasteiger partial charge in [0.2, 0.25) is 0 Å². The zero-order chi connectivity index (χ0) is 34.1. The van der Waals surface area contributed by atoms with Crippen molar-refractivity contribution in [2.24, 2.45) is 0 Å². The number of carbonyl (C=O) groups is 2. The fourth-order valence-corrected chi connectivity index (χ4v) is 5.84. The average molecular weight is 673 g/mol. The predicted molar refractivity (Wildman–Crippen MR) is 177 cm³/mol. The second-order valence-corrected chi connectivity index (χ2v) is 11.9. The molecule has 6 rings (SSSR count). The maximum atomic E-state index is 9.55. The largest absolute Gasteiger partial charge is 0.486 e. The summed E-state index contributed by atoms with van der Waals surface area (Å²) in [6, 6.07) is 16.4. The van der Waals surface area contributed by atoms with Gasteiger partial charge >= 0.3 is 11.9 Å². The molecule has 0 amide bonds. The molecule has 2 aromatic rings. The molecular formula is C34H48N4O10. The van der Waals surface area contributed by atoms with Crippen molar-refractivity contribution in [3.63, 3.8) is 0 Å². The number of aliphatic hydroxyl groups excluding tert-OH is 2. The fraction of sp³-hybridized carbons (Fsp3) is 0.529. The highest BCUT2D eigenvalue weighted by molar-refractivity contribution is 5.89. The van der Waals surface area contributed by atoms with Gasteiger partial charge in [0.25, 0.3) is 0 Å². The standard InChI is InChI=1S/2C15H22N2O3.C4H4O4/c2*18-8-5-12-9-17(7-6-16-12)10-13-11-19-14-3-1-2-4-15(14)20-13;5-3(6)1-2-4(7)8/h2*1-4,12-13,16,18H,5-11H2;1-2H,(H,5,6)(H,7,8)/b;;2-1+. The van der Waals surface area contributed by atoms with Crippen molar-refractivity contribution in [1.82, 2.24) is 20.4 Å². The first-order valence-corrected chi connectivity index (χ1v) is 16.4. The van der Waals surface area contributed by atoms with Crippen molar-refractivity contribution in [2.75, 3.05) is 78.8 Å². The third-order valence-electron chi connectivity index (χ3n) is 8.06. The number of rotatable bonds is 10. The smallest absolute Gasteiger partial charge is 0.328 e. The summed E-state index contributed by atoms with van der Waals surface area (Å²) in [5.74, 6) is 0.834. The normalized spacial score (nSPS) is 23.6. The topological polar surface area (TPSA) is 183 Å². The van der Waals surface area contributed by atoms with Gasteiger partial charge in [0, 0.05) is 89.8 Å². The van der Waals surface area contributed by atoms with E-state index in [9.17, 15) is 9.59 Å². The van der Waals surface area contributed by atoms with Crippen LogP contribution in [0.2, 0.25) is 0 Å². The van der Waals surface area contributed by atoms with Crippen molar-refractivity contribution in [2.45, 2.75) is 37.1 Å². The third kappa shape index (κ3) is 12.6. The minimum absolute atomic E-state index is 0.0813. The minimum atomic E-state index is -1.26. The Bertz CT molecular complexity index is 1210. The van der Waals surface area contributed by atoms with Gasteiger partial charge in [-0.05, 0) is 37.1 Å². The molecule has 0 spiro atoms. The molecular weight excluding hydrogens is 624 g/mol. The molecule has 0 aliphatic carbocycles. The molecule has 4 heterocycles. The Morgan fingerprint density at radius 2 is 1.08 bits per heavy atom. The third-order valence-corrected chi connectivity index (χ3v) is 8.06. The van der Waals surface area contributed by atoms with Crippen LogP contribution in [0.25, 0.3) is 0 Å². The number of aliphatic carboxylic acids is 2. The average Bonchev–Trinajstić information content (AvgIpc) is 3.08. The van der Waals surface area contributed by atoms with Crippen LogP contribution < -0.4 is 29.6 Å². The number of ether oxygens (including phenoxy) is 4. The van der Waals surface area contributed by atoms with E-state index >= 15 is 0 Å². The lowest BCUT2D eigenvalue weighted by atomic mass is 10.1. The zero-order valence-corrected chi connectivity index (χ0v) is 27.1. The van der Waals surface area contributed by atoms with Gasteiger partial charge in [-0.1, -0.05) is 24.3 Å². The lowest BCUT2D eigenvalue weighted by Gasteiger charge is -2.36. The fourth-order valence-electron chi connectivity index (χ4n) is 5.84. The summed E-state index contributed by atoms with van der Waals surface area (Å²) in [5.41, 5.74) is 0. The zero-order valence-electron chi connectivity index (χ0n) is 27.1. The van der Waals surface area contributed by atoms with Gasteiger partial charge in [-0.15, -0.1) is 0 Å². The SMILES string of the molecule is O=C(O)/C=C/C(=O)O.OCCC1CN(CC2COc3ccccc3O2)CCN1.OCCC1CN(CC2COc3ccccc3O2)CCN1. The van der Waals surface area contributed by atoms with Crippen LogP contribution in [0, 0.1) is 0 Å². The van der Waals surface area contributed by atoms with Gasteiger partial charge in [-0.2, -0.15) is 0 Å². The van der Waals surface area contributed by atoms with Gasteiger partial charge in [-0.3, -0.25) is 9.80 Å². The molecule has 264 valence electrons. The van der Waals surface area contributed by atoms with E-state index in [1.807, 2.05) is 48.5 Å². The number of hydrogen-bond acceptors (Lipinski definition) is 12. The predicted octanol–water partition coefficient (Wildman–Crippen LogP) is 0.677. The Morgan fingerprint density at radius 3 is 1.46 bits per heavy atom. The first-order chi connectivity index (χ1) is 23.3. The highest BCUT2D eigenvalue weighted by atomic mass is 16.6. The number of nitrogens with zero attached hydrogens (tertiary/aromatic N) is 2. The molecule has 0 bridgehead atoms. The highest BCUT2D eigenvalue weighted by Crippen LogP contribution is 2.32. The van der Waals surface area contributed by atoms with Crippen molar-refractivity contribution in [3.05, 3.63) is 60.7 Å². The number of carboxylic acids is 2. The van der Waals surface area contributed by atoms with Crippen LogP contribution in [0.4, 0.5) is 0 Å². The van der Waals surface area contributed by atoms with Gasteiger partial charge in [-0.25, -0.2) is 9.59 Å². The van der Waals surface area contributed by atoms with Gasteiger partial charge in [0.15, 0.2) is 23.0 Å². The molecule has 2 fully saturated rings. The molecule has 2 aromatic carbocycles. The molecule has 0 saturated carbocycles. The van der Waals surface area contributed by atoms with Gasteiger partial charge in [0.1, 0.15) is 25.4 Å². The van der Waals surface area contributed by atoms with E-state index in [1.54, 1.807) is 0 Å². The van der Waals surface area contributed by atoms with Crippen LogP contribution >= 0.6 is 0 Å². The summed E-state index contributed by atoms with van der Waals surface area (Å²) in [4.78, 5) is 23.9. The lowest BCUT2D eigenvalue weighted by molar-refractivity contribution is -0.134. The van der Waals surface area contributed by atoms with E-state index in [2.05, 4.69) is 20.4 Å². The van der Waals surface area contributed by atoms with Crippen molar-refractivity contribution < 1.29 is 49.0 Å². The van der Waals surface area contributed by atoms with Crippen LogP contribution in [-0.4, -0.2) is 145 Å². The van der Waals surface area contributed by atoms with E-state index in [1.165, 1.54) is 0 Å². The molecule has 4 unspecified atom stereocenters. The maximum absolute atomic E-state index is 9.55. The number of hydrogen-bond donors (Lipinski definition) is 6. The molecule has 0 aromatic heterocycles. The van der Waals surface area contributed by atoms with Gasteiger partial charge < -0.3 is 50.0 Å². The number of nitrogens with one attached hydrogen (secondary N) is 2. The Kier molecular flexibility index (Phi) is 15.2. The molecule has 4 aliphatic rings. The molecule has 14 nitrogen and oxygen atoms in total. The Hall–Kier alpha value is -3.92. The van der Waals surface area contributed by atoms with E-state index < -0.39 is 11.9 Å². The van der Waals surface area contributed by atoms with Crippen LogP contribution in [-0.2, 0) is 9.59 Å². The number of aliphatic hydroxyl groups is 2. The minimum Gasteiger partial charge on any atom is -0.486 e. The molecule has 48 heavy (non-hydrogen) atoms. The van der Waals surface area contributed by atoms with Crippen LogP contribution in [0.3, 0.4) is 0 Å². The molecule has 4 atom stereocenters. The Labute approximate surface area is 280 Å². The summed E-state index contributed by atoms with van der Waals surface area (Å²) in [7, 11) is 0. The van der Waals surface area contributed by atoms with Crippen LogP contribution in [0.5, 0.6) is 23.0 Å². The summed E-state index contributed by atoms with van der Waals surface area (Å²) < 4.78 is 23.5. The number of carboxylic acid groups (broad SMARTS) is 2. The van der Waals surface area contributed by atoms with E-state index in [4.69, 9.17) is 39.4 Å². The van der Waals surface area contributed by atoms with E-state index in [0.29, 0.717) is 37.4 Å². The first kappa shape index (κ1) is 36.9. The number of piperazine rings is 2. The highest BCUT2D eigenvalue weighted by Gasteiger charge is 2.27. The molecule has 6 N–H and O–H groups in total. The maximum Gasteiger partial charge on any atom is 0.328 e. The van der Waals surface area contributed by atoms with Crippen LogP contribution in [0.1, 0.15) is 12.8 Å². The summed E-state index contributed by atoms with van der Waals surface area (Å²) in [6.45, 7) is 9.32. The Morgan fingerprint density at radius 1 is 0.688 bits per heavy atom. The van der Waals surface area contributed by atoms with Crippen molar-refractivity contribution >= 4 is 11.9 Å².